The molecular weight excluding hydrogens is 478 g/mol. The Bertz CT molecular complexity index is 1270. The SMILES string of the molecule is CCn1c(SCC(=O)Nc2sc3c(c2C#N)CCC(C)C3)nnc1C(C)Oc1ccc(C)cc1C. The summed E-state index contributed by atoms with van der Waals surface area (Å²) >= 11 is 2.89. The first-order chi connectivity index (χ1) is 16.8. The van der Waals surface area contributed by atoms with E-state index in [0.717, 1.165) is 42.0 Å². The number of aryl methyl sites for hydroxylation is 2. The van der Waals surface area contributed by atoms with Crippen molar-refractivity contribution < 1.29 is 9.53 Å². The lowest BCUT2D eigenvalue weighted by Gasteiger charge is -2.17. The number of thioether (sulfide) groups is 1. The summed E-state index contributed by atoms with van der Waals surface area (Å²) in [5.41, 5.74) is 4.01. The first-order valence-corrected chi connectivity index (χ1v) is 13.7. The first-order valence-electron chi connectivity index (χ1n) is 11.9. The molecule has 0 radical (unpaired) electrons. The lowest BCUT2D eigenvalue weighted by Crippen LogP contribution is -2.15. The van der Waals surface area contributed by atoms with E-state index in [9.17, 15) is 10.1 Å². The van der Waals surface area contributed by atoms with Crippen molar-refractivity contribution in [2.24, 2.45) is 5.92 Å². The number of benzene rings is 1. The summed E-state index contributed by atoms with van der Waals surface area (Å²) in [6, 6.07) is 8.41. The third-order valence-electron chi connectivity index (χ3n) is 6.27. The summed E-state index contributed by atoms with van der Waals surface area (Å²) in [4.78, 5) is 14.0. The summed E-state index contributed by atoms with van der Waals surface area (Å²) in [6.07, 6.45) is 2.68. The van der Waals surface area contributed by atoms with Crippen LogP contribution in [0.25, 0.3) is 0 Å². The fourth-order valence-electron chi connectivity index (χ4n) is 4.43. The Labute approximate surface area is 214 Å². The van der Waals surface area contributed by atoms with E-state index in [1.165, 1.54) is 22.2 Å². The van der Waals surface area contributed by atoms with Gasteiger partial charge in [0.05, 0.1) is 11.3 Å². The van der Waals surface area contributed by atoms with E-state index in [2.05, 4.69) is 41.5 Å². The van der Waals surface area contributed by atoms with Gasteiger partial charge in [-0.25, -0.2) is 0 Å². The number of aromatic nitrogens is 3. The van der Waals surface area contributed by atoms with Gasteiger partial charge >= 0.3 is 0 Å². The third kappa shape index (κ3) is 5.54. The highest BCUT2D eigenvalue weighted by atomic mass is 32.2. The predicted molar refractivity (Wildman–Crippen MR) is 140 cm³/mol. The Morgan fingerprint density at radius 1 is 1.40 bits per heavy atom. The number of anilines is 1. The summed E-state index contributed by atoms with van der Waals surface area (Å²) in [5.74, 6) is 2.20. The molecule has 2 atom stereocenters. The summed E-state index contributed by atoms with van der Waals surface area (Å²) in [7, 11) is 0. The molecule has 0 spiro atoms. The number of nitrogens with zero attached hydrogens (tertiary/aromatic N) is 4. The molecule has 0 aliphatic heterocycles. The maximum absolute atomic E-state index is 12.8. The summed E-state index contributed by atoms with van der Waals surface area (Å²) in [5, 5.41) is 22.7. The number of nitriles is 1. The molecule has 2 aromatic heterocycles. The Kier molecular flexibility index (Phi) is 7.82. The van der Waals surface area contributed by atoms with E-state index in [0.29, 0.717) is 28.2 Å². The van der Waals surface area contributed by atoms with Crippen LogP contribution in [0.5, 0.6) is 5.75 Å². The van der Waals surface area contributed by atoms with E-state index in [4.69, 9.17) is 4.74 Å². The molecule has 2 unspecified atom stereocenters. The second kappa shape index (κ2) is 10.8. The molecule has 4 rings (SSSR count). The van der Waals surface area contributed by atoms with Gasteiger partial charge < -0.3 is 14.6 Å². The number of amides is 1. The smallest absolute Gasteiger partial charge is 0.235 e. The van der Waals surface area contributed by atoms with Crippen LogP contribution in [0.3, 0.4) is 0 Å². The summed E-state index contributed by atoms with van der Waals surface area (Å²) < 4.78 is 8.16. The quantitative estimate of drug-likeness (QED) is 0.383. The summed E-state index contributed by atoms with van der Waals surface area (Å²) in [6.45, 7) is 11.0. The van der Waals surface area contributed by atoms with Crippen molar-refractivity contribution in [3.8, 4) is 11.8 Å². The number of thiophene rings is 1. The third-order valence-corrected chi connectivity index (χ3v) is 8.40. The number of nitrogens with one attached hydrogen (secondary N) is 1. The maximum Gasteiger partial charge on any atom is 0.235 e. The van der Waals surface area contributed by atoms with Crippen molar-refractivity contribution in [1.29, 1.82) is 5.26 Å². The molecule has 9 heteroatoms. The molecule has 0 saturated carbocycles. The lowest BCUT2D eigenvalue weighted by atomic mass is 9.89. The topological polar surface area (TPSA) is 92.8 Å². The fraction of sp³-hybridized carbons (Fsp3) is 0.462. The van der Waals surface area contributed by atoms with Crippen molar-refractivity contribution in [2.75, 3.05) is 11.1 Å². The van der Waals surface area contributed by atoms with Gasteiger partial charge in [-0.2, -0.15) is 5.26 Å². The minimum Gasteiger partial charge on any atom is -0.482 e. The monoisotopic (exact) mass is 509 g/mol. The predicted octanol–water partition coefficient (Wildman–Crippen LogP) is 5.84. The number of carbonyl (C=O) groups is 1. The van der Waals surface area contributed by atoms with Crippen molar-refractivity contribution in [1.82, 2.24) is 14.8 Å². The van der Waals surface area contributed by atoms with Crippen LogP contribution in [0, 0.1) is 31.1 Å². The highest BCUT2D eigenvalue weighted by molar-refractivity contribution is 7.99. The van der Waals surface area contributed by atoms with E-state index in [1.54, 1.807) is 11.3 Å². The lowest BCUT2D eigenvalue weighted by molar-refractivity contribution is -0.113. The molecule has 1 N–H and O–H groups in total. The average Bonchev–Trinajstić information content (AvgIpc) is 3.39. The van der Waals surface area contributed by atoms with Crippen LogP contribution in [0.1, 0.15) is 66.3 Å². The second-order valence-electron chi connectivity index (χ2n) is 9.12. The first kappa shape index (κ1) is 25.3. The molecule has 0 fully saturated rings. The Morgan fingerprint density at radius 2 is 2.20 bits per heavy atom. The zero-order valence-electron chi connectivity index (χ0n) is 20.8. The van der Waals surface area contributed by atoms with E-state index in [1.807, 2.05) is 37.5 Å². The van der Waals surface area contributed by atoms with Crippen LogP contribution < -0.4 is 10.1 Å². The molecule has 1 aliphatic carbocycles. The van der Waals surface area contributed by atoms with Crippen molar-refractivity contribution >= 4 is 34.0 Å². The van der Waals surface area contributed by atoms with E-state index < -0.39 is 0 Å². The fourth-order valence-corrected chi connectivity index (χ4v) is 6.62. The van der Waals surface area contributed by atoms with Crippen LogP contribution in [0.15, 0.2) is 23.4 Å². The van der Waals surface area contributed by atoms with Gasteiger partial charge in [0.25, 0.3) is 0 Å². The van der Waals surface area contributed by atoms with Gasteiger partial charge in [-0.05, 0) is 70.1 Å². The van der Waals surface area contributed by atoms with Crippen LogP contribution >= 0.6 is 23.1 Å². The van der Waals surface area contributed by atoms with Crippen LogP contribution in [-0.4, -0.2) is 26.4 Å². The average molecular weight is 510 g/mol. The van der Waals surface area contributed by atoms with Gasteiger partial charge in [0.15, 0.2) is 17.1 Å². The van der Waals surface area contributed by atoms with Crippen molar-refractivity contribution in [3.63, 3.8) is 0 Å². The van der Waals surface area contributed by atoms with Gasteiger partial charge in [-0.3, -0.25) is 4.79 Å². The highest BCUT2D eigenvalue weighted by Gasteiger charge is 2.25. The molecule has 1 aromatic carbocycles. The number of carbonyl (C=O) groups excluding carboxylic acids is 1. The molecule has 0 bridgehead atoms. The number of fused-ring (bicyclic) bond motifs is 1. The Morgan fingerprint density at radius 3 is 2.91 bits per heavy atom. The van der Waals surface area contributed by atoms with Crippen LogP contribution in [-0.2, 0) is 24.2 Å². The van der Waals surface area contributed by atoms with Gasteiger partial charge in [0, 0.05) is 11.4 Å². The molecule has 1 amide bonds. The Hall–Kier alpha value is -2.83. The normalized spacial score (nSPS) is 15.8. The molecule has 35 heavy (non-hydrogen) atoms. The second-order valence-corrected chi connectivity index (χ2v) is 11.2. The highest BCUT2D eigenvalue weighted by Crippen LogP contribution is 2.39. The van der Waals surface area contributed by atoms with Crippen LogP contribution in [0.4, 0.5) is 5.00 Å². The minimum absolute atomic E-state index is 0.148. The zero-order valence-corrected chi connectivity index (χ0v) is 22.5. The molecule has 1 aliphatic rings. The van der Waals surface area contributed by atoms with E-state index in [-0.39, 0.29) is 17.8 Å². The molecule has 2 heterocycles. The number of hydrogen-bond acceptors (Lipinski definition) is 7. The zero-order chi connectivity index (χ0) is 25.1. The molecule has 7 nitrogen and oxygen atoms in total. The number of hydrogen-bond donors (Lipinski definition) is 1. The van der Waals surface area contributed by atoms with E-state index >= 15 is 0 Å². The van der Waals surface area contributed by atoms with Gasteiger partial charge in [-0.1, -0.05) is 36.4 Å². The van der Waals surface area contributed by atoms with Gasteiger partial charge in [0.1, 0.15) is 16.8 Å². The minimum atomic E-state index is -0.287. The van der Waals surface area contributed by atoms with Gasteiger partial charge in [-0.15, -0.1) is 21.5 Å². The molecular formula is C26H31N5O2S2. The van der Waals surface area contributed by atoms with Crippen molar-refractivity contribution in [2.45, 2.75) is 71.7 Å². The molecule has 3 aromatic rings. The Balaban J connectivity index is 1.41. The molecule has 0 saturated heterocycles. The largest absolute Gasteiger partial charge is 0.482 e. The van der Waals surface area contributed by atoms with Crippen molar-refractivity contribution in [3.05, 3.63) is 51.2 Å². The van der Waals surface area contributed by atoms with Crippen LogP contribution in [0.2, 0.25) is 0 Å². The maximum atomic E-state index is 12.8. The van der Waals surface area contributed by atoms with Gasteiger partial charge in [0.2, 0.25) is 5.91 Å². The molecule has 184 valence electrons. The standard InChI is InChI=1S/C26H31N5O2S2/c1-6-31-24(18(5)33-21-10-8-15(2)11-17(21)4)29-30-26(31)34-14-23(32)28-25-20(13-27)19-9-7-16(3)12-22(19)35-25/h8,10-11,16,18H,6-7,9,12,14H2,1-5H3,(H,28,32). The number of rotatable bonds is 8. The number of ether oxygens (including phenoxy) is 1.